The van der Waals surface area contributed by atoms with E-state index in [2.05, 4.69) is 0 Å². The molecule has 0 amide bonds. The maximum absolute atomic E-state index is 13.9. The van der Waals surface area contributed by atoms with Crippen molar-refractivity contribution in [2.75, 3.05) is 0 Å². The van der Waals surface area contributed by atoms with E-state index in [-0.39, 0.29) is 18.1 Å². The molecule has 0 spiro atoms. The molecule has 2 aromatic rings. The van der Waals surface area contributed by atoms with Crippen molar-refractivity contribution in [3.8, 4) is 11.5 Å². The molecule has 0 aliphatic carbocycles. The molecule has 0 aromatic heterocycles. The van der Waals surface area contributed by atoms with Gasteiger partial charge in [-0.15, -0.1) is 0 Å². The maximum atomic E-state index is 13.9. The molecule has 3 heteroatoms. The van der Waals surface area contributed by atoms with Crippen molar-refractivity contribution in [1.29, 1.82) is 0 Å². The molecule has 0 aliphatic rings. The SMILES string of the molecule is Cc1ccc(C)c(Oc2c(F)cccc2CN)c1C. The molecule has 0 atom stereocenters. The van der Waals surface area contributed by atoms with Crippen LogP contribution in [-0.2, 0) is 6.54 Å². The molecule has 2 rings (SSSR count). The zero-order chi connectivity index (χ0) is 14.0. The summed E-state index contributed by atoms with van der Waals surface area (Å²) >= 11 is 0. The quantitative estimate of drug-likeness (QED) is 0.904. The first kappa shape index (κ1) is 13.6. The van der Waals surface area contributed by atoms with Gasteiger partial charge in [0.1, 0.15) is 5.75 Å². The molecule has 0 fully saturated rings. The topological polar surface area (TPSA) is 35.2 Å². The van der Waals surface area contributed by atoms with E-state index in [4.69, 9.17) is 10.5 Å². The summed E-state index contributed by atoms with van der Waals surface area (Å²) in [5, 5.41) is 0. The number of halogens is 1. The van der Waals surface area contributed by atoms with E-state index in [1.165, 1.54) is 6.07 Å². The van der Waals surface area contributed by atoms with Crippen LogP contribution < -0.4 is 10.5 Å². The highest BCUT2D eigenvalue weighted by molar-refractivity contribution is 5.48. The van der Waals surface area contributed by atoms with E-state index in [1.807, 2.05) is 32.9 Å². The van der Waals surface area contributed by atoms with E-state index < -0.39 is 0 Å². The molecule has 0 radical (unpaired) electrons. The number of hydrogen-bond acceptors (Lipinski definition) is 2. The summed E-state index contributed by atoms with van der Waals surface area (Å²) in [6, 6.07) is 8.80. The zero-order valence-corrected chi connectivity index (χ0v) is 11.5. The second-order valence-corrected chi connectivity index (χ2v) is 4.69. The van der Waals surface area contributed by atoms with E-state index in [0.29, 0.717) is 11.3 Å². The van der Waals surface area contributed by atoms with Gasteiger partial charge in [0.05, 0.1) is 0 Å². The summed E-state index contributed by atoms with van der Waals surface area (Å²) in [7, 11) is 0. The Bertz CT molecular complexity index is 608. The maximum Gasteiger partial charge on any atom is 0.167 e. The van der Waals surface area contributed by atoms with Crippen LogP contribution in [0.5, 0.6) is 11.5 Å². The van der Waals surface area contributed by atoms with Gasteiger partial charge in [-0.25, -0.2) is 4.39 Å². The summed E-state index contributed by atoms with van der Waals surface area (Å²) in [4.78, 5) is 0. The van der Waals surface area contributed by atoms with Gasteiger partial charge in [0.15, 0.2) is 11.6 Å². The lowest BCUT2D eigenvalue weighted by molar-refractivity contribution is 0.431. The number of rotatable bonds is 3. The molecule has 0 aliphatic heterocycles. The van der Waals surface area contributed by atoms with Gasteiger partial charge < -0.3 is 10.5 Å². The van der Waals surface area contributed by atoms with Gasteiger partial charge in [-0.3, -0.25) is 0 Å². The molecule has 0 bridgehead atoms. The Hall–Kier alpha value is -1.87. The van der Waals surface area contributed by atoms with Crippen LogP contribution in [0.4, 0.5) is 4.39 Å². The van der Waals surface area contributed by atoms with Gasteiger partial charge >= 0.3 is 0 Å². The lowest BCUT2D eigenvalue weighted by Crippen LogP contribution is -2.03. The van der Waals surface area contributed by atoms with Crippen molar-refractivity contribution in [3.05, 3.63) is 58.4 Å². The molecule has 0 saturated heterocycles. The molecular formula is C16H18FNO. The molecule has 0 saturated carbocycles. The fourth-order valence-corrected chi connectivity index (χ4v) is 2.01. The fraction of sp³-hybridized carbons (Fsp3) is 0.250. The largest absolute Gasteiger partial charge is 0.453 e. The summed E-state index contributed by atoms with van der Waals surface area (Å²) in [5.74, 6) is 0.546. The molecule has 19 heavy (non-hydrogen) atoms. The van der Waals surface area contributed by atoms with Crippen LogP contribution in [0.2, 0.25) is 0 Å². The van der Waals surface area contributed by atoms with Gasteiger partial charge in [-0.05, 0) is 43.5 Å². The molecular weight excluding hydrogens is 241 g/mol. The first-order valence-corrected chi connectivity index (χ1v) is 6.26. The standard InChI is InChI=1S/C16H18FNO/c1-10-7-8-11(2)15(12(10)3)19-16-13(9-18)5-4-6-14(16)17/h4-8H,9,18H2,1-3H3. The minimum absolute atomic E-state index is 0.224. The first-order valence-electron chi connectivity index (χ1n) is 6.26. The van der Waals surface area contributed by atoms with Crippen LogP contribution in [0, 0.1) is 26.6 Å². The second-order valence-electron chi connectivity index (χ2n) is 4.69. The van der Waals surface area contributed by atoms with Crippen LogP contribution in [-0.4, -0.2) is 0 Å². The number of hydrogen-bond donors (Lipinski definition) is 1. The first-order chi connectivity index (χ1) is 9.04. The lowest BCUT2D eigenvalue weighted by Gasteiger charge is -2.16. The van der Waals surface area contributed by atoms with Crippen LogP contribution >= 0.6 is 0 Å². The highest BCUT2D eigenvalue weighted by Crippen LogP contribution is 2.33. The summed E-state index contributed by atoms with van der Waals surface area (Å²) in [6.07, 6.45) is 0. The molecule has 2 aromatic carbocycles. The zero-order valence-electron chi connectivity index (χ0n) is 11.5. The lowest BCUT2D eigenvalue weighted by atomic mass is 10.1. The third kappa shape index (κ3) is 2.61. The van der Waals surface area contributed by atoms with Gasteiger partial charge in [0.2, 0.25) is 0 Å². The third-order valence-corrected chi connectivity index (χ3v) is 3.35. The van der Waals surface area contributed by atoms with Crippen LogP contribution in [0.3, 0.4) is 0 Å². The van der Waals surface area contributed by atoms with Crippen molar-refractivity contribution in [1.82, 2.24) is 0 Å². The molecule has 2 N–H and O–H groups in total. The van der Waals surface area contributed by atoms with E-state index in [1.54, 1.807) is 12.1 Å². The highest BCUT2D eigenvalue weighted by atomic mass is 19.1. The van der Waals surface area contributed by atoms with Crippen molar-refractivity contribution < 1.29 is 9.13 Å². The fourth-order valence-electron chi connectivity index (χ4n) is 2.01. The van der Waals surface area contributed by atoms with Gasteiger partial charge in [0.25, 0.3) is 0 Å². The monoisotopic (exact) mass is 259 g/mol. The van der Waals surface area contributed by atoms with Gasteiger partial charge in [-0.2, -0.15) is 0 Å². The summed E-state index contributed by atoms with van der Waals surface area (Å²) in [5.41, 5.74) is 9.42. The minimum atomic E-state index is -0.386. The smallest absolute Gasteiger partial charge is 0.167 e. The van der Waals surface area contributed by atoms with Gasteiger partial charge in [-0.1, -0.05) is 24.3 Å². The molecule has 2 nitrogen and oxygen atoms in total. The molecule has 0 unspecified atom stereocenters. The Labute approximate surface area is 113 Å². The number of aryl methyl sites for hydroxylation is 2. The Morgan fingerprint density at radius 3 is 2.37 bits per heavy atom. The average Bonchev–Trinajstić information content (AvgIpc) is 2.40. The van der Waals surface area contributed by atoms with Crippen molar-refractivity contribution in [2.45, 2.75) is 27.3 Å². The van der Waals surface area contributed by atoms with E-state index in [9.17, 15) is 4.39 Å². The number of ether oxygens (including phenoxy) is 1. The Morgan fingerprint density at radius 1 is 1.00 bits per heavy atom. The van der Waals surface area contributed by atoms with E-state index >= 15 is 0 Å². The third-order valence-electron chi connectivity index (χ3n) is 3.35. The van der Waals surface area contributed by atoms with Gasteiger partial charge in [0, 0.05) is 12.1 Å². The normalized spacial score (nSPS) is 10.6. The van der Waals surface area contributed by atoms with Crippen LogP contribution in [0.25, 0.3) is 0 Å². The Kier molecular flexibility index (Phi) is 3.86. The van der Waals surface area contributed by atoms with Crippen molar-refractivity contribution >= 4 is 0 Å². The number of benzene rings is 2. The van der Waals surface area contributed by atoms with Crippen molar-refractivity contribution in [2.24, 2.45) is 5.73 Å². The molecule has 0 heterocycles. The average molecular weight is 259 g/mol. The second kappa shape index (κ2) is 5.41. The predicted molar refractivity (Wildman–Crippen MR) is 75.0 cm³/mol. The van der Waals surface area contributed by atoms with Crippen LogP contribution in [0.1, 0.15) is 22.3 Å². The molecule has 100 valence electrons. The van der Waals surface area contributed by atoms with Crippen molar-refractivity contribution in [3.63, 3.8) is 0 Å². The number of para-hydroxylation sites is 1. The summed E-state index contributed by atoms with van der Waals surface area (Å²) in [6.45, 7) is 6.18. The van der Waals surface area contributed by atoms with E-state index in [0.717, 1.165) is 16.7 Å². The van der Waals surface area contributed by atoms with Crippen LogP contribution in [0.15, 0.2) is 30.3 Å². The number of nitrogens with two attached hydrogens (primary N) is 1. The Morgan fingerprint density at radius 2 is 1.68 bits per heavy atom. The predicted octanol–water partition coefficient (Wildman–Crippen LogP) is 4.00. The summed E-state index contributed by atoms with van der Waals surface area (Å²) < 4.78 is 19.7. The highest BCUT2D eigenvalue weighted by Gasteiger charge is 2.13. The Balaban J connectivity index is 2.50. The minimum Gasteiger partial charge on any atom is -0.453 e.